The summed E-state index contributed by atoms with van der Waals surface area (Å²) in [5, 5.41) is 12.6. The Hall–Kier alpha value is -3.98. The number of fused-ring (bicyclic) bond motifs is 1. The number of aromatic nitrogens is 1. The molecule has 0 saturated carbocycles. The van der Waals surface area contributed by atoms with E-state index in [-0.39, 0.29) is 10.7 Å². The van der Waals surface area contributed by atoms with Crippen molar-refractivity contribution in [2.75, 3.05) is 12.0 Å². The summed E-state index contributed by atoms with van der Waals surface area (Å²) in [7, 11) is 1.54. The summed E-state index contributed by atoms with van der Waals surface area (Å²) in [6.07, 6.45) is 3.19. The summed E-state index contributed by atoms with van der Waals surface area (Å²) < 4.78 is 6.79. The molecule has 162 valence electrons. The monoisotopic (exact) mass is 449 g/mol. The summed E-state index contributed by atoms with van der Waals surface area (Å²) >= 11 is 5.22. The highest BCUT2D eigenvalue weighted by atomic mass is 32.1. The van der Waals surface area contributed by atoms with Crippen molar-refractivity contribution in [2.45, 2.75) is 13.0 Å². The predicted molar refractivity (Wildman–Crippen MR) is 123 cm³/mol. The van der Waals surface area contributed by atoms with Gasteiger partial charge in [0.25, 0.3) is 11.8 Å². The zero-order valence-corrected chi connectivity index (χ0v) is 18.1. The molecule has 1 aromatic heterocycles. The number of carboxylic acids is 1. The number of ether oxygens (including phenoxy) is 1. The third-order valence-electron chi connectivity index (χ3n) is 5.26. The van der Waals surface area contributed by atoms with E-state index < -0.39 is 23.8 Å². The smallest absolute Gasteiger partial charge is 0.326 e. The first-order valence-corrected chi connectivity index (χ1v) is 10.1. The van der Waals surface area contributed by atoms with Gasteiger partial charge in [-0.2, -0.15) is 0 Å². The molecular weight excluding hydrogens is 430 g/mol. The fourth-order valence-electron chi connectivity index (χ4n) is 3.52. The molecule has 0 spiro atoms. The molecule has 2 aromatic carbocycles. The molecule has 2 heterocycles. The SMILES string of the molecule is COc1ccc(N2C(=O)/C(=C/c3ccc4c(ccn4[C@H](C)C(=O)O)c3)C(=O)NC2=S)cc1. The first-order valence-electron chi connectivity index (χ1n) is 9.69. The number of nitrogens with zero attached hydrogens (tertiary/aromatic N) is 2. The minimum atomic E-state index is -0.937. The Bertz CT molecular complexity index is 1290. The van der Waals surface area contributed by atoms with Gasteiger partial charge < -0.3 is 14.4 Å². The first-order chi connectivity index (χ1) is 15.3. The largest absolute Gasteiger partial charge is 0.497 e. The van der Waals surface area contributed by atoms with Gasteiger partial charge >= 0.3 is 5.97 Å². The van der Waals surface area contributed by atoms with Gasteiger partial charge in [-0.1, -0.05) is 6.07 Å². The van der Waals surface area contributed by atoms with Crippen molar-refractivity contribution < 1.29 is 24.2 Å². The van der Waals surface area contributed by atoms with E-state index in [9.17, 15) is 19.5 Å². The summed E-state index contributed by atoms with van der Waals surface area (Å²) in [5.74, 6) is -1.43. The normalized spacial score (nSPS) is 16.4. The van der Waals surface area contributed by atoms with Crippen LogP contribution in [-0.2, 0) is 14.4 Å². The topological polar surface area (TPSA) is 101 Å². The van der Waals surface area contributed by atoms with E-state index in [1.165, 1.54) is 11.0 Å². The Morgan fingerprint density at radius 3 is 2.53 bits per heavy atom. The number of benzene rings is 2. The Balaban J connectivity index is 1.69. The number of rotatable bonds is 5. The van der Waals surface area contributed by atoms with E-state index in [2.05, 4.69) is 5.32 Å². The van der Waals surface area contributed by atoms with Gasteiger partial charge in [-0.3, -0.25) is 19.8 Å². The first kappa shape index (κ1) is 21.3. The van der Waals surface area contributed by atoms with Crippen LogP contribution in [0.5, 0.6) is 5.75 Å². The molecule has 32 heavy (non-hydrogen) atoms. The average molecular weight is 449 g/mol. The molecular formula is C23H19N3O5S. The molecule has 0 aliphatic carbocycles. The van der Waals surface area contributed by atoms with E-state index in [0.29, 0.717) is 17.0 Å². The lowest BCUT2D eigenvalue weighted by Crippen LogP contribution is -2.54. The Labute approximate surface area is 188 Å². The molecule has 8 nitrogen and oxygen atoms in total. The van der Waals surface area contributed by atoms with E-state index >= 15 is 0 Å². The maximum Gasteiger partial charge on any atom is 0.326 e. The lowest BCUT2D eigenvalue weighted by molar-refractivity contribution is -0.140. The van der Waals surface area contributed by atoms with E-state index in [1.54, 1.807) is 73.3 Å². The second kappa shape index (κ2) is 8.27. The maximum atomic E-state index is 13.1. The third-order valence-corrected chi connectivity index (χ3v) is 5.55. The third kappa shape index (κ3) is 3.74. The highest BCUT2D eigenvalue weighted by Gasteiger charge is 2.34. The van der Waals surface area contributed by atoms with Crippen LogP contribution in [0.15, 0.2) is 60.3 Å². The number of carbonyl (C=O) groups excluding carboxylic acids is 2. The van der Waals surface area contributed by atoms with Gasteiger partial charge in [-0.25, -0.2) is 4.79 Å². The van der Waals surface area contributed by atoms with Crippen LogP contribution in [0, 0.1) is 0 Å². The molecule has 3 aromatic rings. The number of hydrogen-bond donors (Lipinski definition) is 2. The number of carbonyl (C=O) groups is 3. The number of carboxylic acid groups (broad SMARTS) is 1. The van der Waals surface area contributed by atoms with Crippen LogP contribution in [0.3, 0.4) is 0 Å². The number of methoxy groups -OCH3 is 1. The van der Waals surface area contributed by atoms with Crippen molar-refractivity contribution >= 4 is 57.8 Å². The fraction of sp³-hybridized carbons (Fsp3) is 0.130. The van der Waals surface area contributed by atoms with Gasteiger partial charge in [-0.15, -0.1) is 0 Å². The standard InChI is InChI=1S/C23H19N3O5S/c1-13(22(29)30)25-10-9-15-11-14(3-8-19(15)25)12-18-20(27)24-23(32)26(21(18)28)16-4-6-17(31-2)7-5-16/h3-13H,1-2H3,(H,29,30)(H,24,27,32)/b18-12+/t13-/m1/s1. The summed E-state index contributed by atoms with van der Waals surface area (Å²) in [5.41, 5.74) is 1.80. The lowest BCUT2D eigenvalue weighted by atomic mass is 10.1. The Morgan fingerprint density at radius 1 is 1.16 bits per heavy atom. The number of thiocarbonyl (C=S) groups is 1. The van der Waals surface area contributed by atoms with Crippen molar-refractivity contribution in [3.05, 3.63) is 65.9 Å². The quantitative estimate of drug-likeness (QED) is 0.353. The number of amides is 2. The van der Waals surface area contributed by atoms with Gasteiger partial charge in [-0.05, 0) is 73.2 Å². The molecule has 9 heteroatoms. The number of nitrogens with one attached hydrogen (secondary N) is 1. The zero-order chi connectivity index (χ0) is 23.0. The number of hydrogen-bond acceptors (Lipinski definition) is 5. The van der Waals surface area contributed by atoms with Crippen LogP contribution in [-0.4, -0.2) is 39.7 Å². The molecule has 1 aliphatic rings. The second-order valence-electron chi connectivity index (χ2n) is 7.21. The molecule has 1 aliphatic heterocycles. The summed E-state index contributed by atoms with van der Waals surface area (Å²) in [4.78, 5) is 38.2. The summed E-state index contributed by atoms with van der Waals surface area (Å²) in [6, 6.07) is 13.1. The van der Waals surface area contributed by atoms with Gasteiger partial charge in [0.15, 0.2) is 5.11 Å². The van der Waals surface area contributed by atoms with Crippen molar-refractivity contribution in [3.63, 3.8) is 0 Å². The molecule has 0 radical (unpaired) electrons. The van der Waals surface area contributed by atoms with Crippen molar-refractivity contribution in [1.82, 2.24) is 9.88 Å². The van der Waals surface area contributed by atoms with Crippen LogP contribution in [0.25, 0.3) is 17.0 Å². The average Bonchev–Trinajstić information content (AvgIpc) is 3.19. The minimum Gasteiger partial charge on any atom is -0.497 e. The van der Waals surface area contributed by atoms with Crippen molar-refractivity contribution in [3.8, 4) is 5.75 Å². The fourth-order valence-corrected chi connectivity index (χ4v) is 3.80. The second-order valence-corrected chi connectivity index (χ2v) is 7.60. The molecule has 0 bridgehead atoms. The minimum absolute atomic E-state index is 0.00231. The number of aliphatic carboxylic acids is 1. The van der Waals surface area contributed by atoms with Crippen molar-refractivity contribution in [1.29, 1.82) is 0 Å². The van der Waals surface area contributed by atoms with Crippen LogP contribution >= 0.6 is 12.2 Å². The van der Waals surface area contributed by atoms with E-state index in [4.69, 9.17) is 17.0 Å². The van der Waals surface area contributed by atoms with Gasteiger partial charge in [0.05, 0.1) is 12.8 Å². The highest BCUT2D eigenvalue weighted by Crippen LogP contribution is 2.26. The van der Waals surface area contributed by atoms with Crippen LogP contribution < -0.4 is 15.0 Å². The highest BCUT2D eigenvalue weighted by molar-refractivity contribution is 7.80. The zero-order valence-electron chi connectivity index (χ0n) is 17.2. The van der Waals surface area contributed by atoms with Gasteiger partial charge in [0, 0.05) is 17.1 Å². The summed E-state index contributed by atoms with van der Waals surface area (Å²) in [6.45, 7) is 1.60. The van der Waals surface area contributed by atoms with Crippen molar-refractivity contribution in [2.24, 2.45) is 0 Å². The molecule has 4 rings (SSSR count). The van der Waals surface area contributed by atoms with Crippen LogP contribution in [0.4, 0.5) is 5.69 Å². The number of anilines is 1. The lowest BCUT2D eigenvalue weighted by Gasteiger charge is -2.29. The van der Waals surface area contributed by atoms with Gasteiger partial charge in [0.2, 0.25) is 0 Å². The molecule has 1 saturated heterocycles. The molecule has 1 atom stereocenters. The molecule has 2 N–H and O–H groups in total. The Morgan fingerprint density at radius 2 is 1.88 bits per heavy atom. The molecule has 2 amide bonds. The van der Waals surface area contributed by atoms with Crippen LogP contribution in [0.1, 0.15) is 18.5 Å². The molecule has 0 unspecified atom stereocenters. The molecule has 1 fully saturated rings. The van der Waals surface area contributed by atoms with E-state index in [0.717, 1.165) is 10.9 Å². The van der Waals surface area contributed by atoms with Gasteiger partial charge in [0.1, 0.15) is 17.4 Å². The van der Waals surface area contributed by atoms with E-state index in [1.807, 2.05) is 0 Å². The predicted octanol–water partition coefficient (Wildman–Crippen LogP) is 3.13. The Kier molecular flexibility index (Phi) is 5.50. The maximum absolute atomic E-state index is 13.1. The van der Waals surface area contributed by atoms with Crippen LogP contribution in [0.2, 0.25) is 0 Å².